The Bertz CT molecular complexity index is 231. The highest BCUT2D eigenvalue weighted by atomic mass is 79.9. The second-order valence-corrected chi connectivity index (χ2v) is 2.98. The van der Waals surface area contributed by atoms with Gasteiger partial charge >= 0.3 is 0 Å². The predicted molar refractivity (Wildman–Crippen MR) is 50.1 cm³/mol. The largest absolute Gasteiger partial charge is 0.256 e. The Balaban J connectivity index is 2.96. The maximum atomic E-state index is 4.10. The molecule has 0 aliphatic rings. The van der Waals surface area contributed by atoms with Gasteiger partial charge in [-0.2, -0.15) is 0 Å². The molecule has 3 heteroatoms. The van der Waals surface area contributed by atoms with E-state index in [1.807, 2.05) is 18.2 Å². The van der Waals surface area contributed by atoms with Crippen LogP contribution in [0.1, 0.15) is 5.69 Å². The van der Waals surface area contributed by atoms with Crippen molar-refractivity contribution in [3.63, 3.8) is 0 Å². The molecule has 1 aromatic heterocycles. The Morgan fingerprint density at radius 3 is 2.80 bits per heavy atom. The third kappa shape index (κ3) is 1.92. The Labute approximate surface area is 76.4 Å². The molecule has 0 aliphatic heterocycles. The normalized spacial score (nSPS) is 11.6. The fraction of sp³-hybridized carbons (Fsp3) is 0. The fourth-order valence-corrected chi connectivity index (χ4v) is 1.03. The topological polar surface area (TPSA) is 12.9 Å². The van der Waals surface area contributed by atoms with E-state index in [-0.39, 0.29) is 0 Å². The van der Waals surface area contributed by atoms with Gasteiger partial charge in [-0.3, -0.25) is 4.98 Å². The third-order valence-electron chi connectivity index (χ3n) is 1.01. The highest BCUT2D eigenvalue weighted by Crippen LogP contribution is 2.19. The second-order valence-electron chi connectivity index (χ2n) is 1.67. The van der Waals surface area contributed by atoms with E-state index in [4.69, 9.17) is 0 Å². The van der Waals surface area contributed by atoms with E-state index in [2.05, 4.69) is 36.8 Å². The smallest absolute Gasteiger partial charge is 0.0776 e. The van der Waals surface area contributed by atoms with Gasteiger partial charge in [0.05, 0.1) is 10.2 Å². The zero-order chi connectivity index (χ0) is 7.40. The fourth-order valence-electron chi connectivity index (χ4n) is 0.560. The van der Waals surface area contributed by atoms with Crippen LogP contribution >= 0.6 is 31.9 Å². The number of hydrogen-bond acceptors (Lipinski definition) is 1. The molecule has 1 rings (SSSR count). The zero-order valence-electron chi connectivity index (χ0n) is 5.09. The molecule has 0 bridgehead atoms. The summed E-state index contributed by atoms with van der Waals surface area (Å²) in [6.07, 6.45) is 1.76. The Hall–Kier alpha value is -0.150. The van der Waals surface area contributed by atoms with Crippen LogP contribution in [0.3, 0.4) is 0 Å². The van der Waals surface area contributed by atoms with Gasteiger partial charge in [-0.1, -0.05) is 22.0 Å². The lowest BCUT2D eigenvalue weighted by molar-refractivity contribution is 1.29. The molecule has 0 saturated heterocycles. The molecule has 1 heterocycles. The average molecular weight is 263 g/mol. The first-order chi connectivity index (χ1) is 4.84. The van der Waals surface area contributed by atoms with E-state index in [9.17, 15) is 0 Å². The molecular formula is C7H5Br2N. The van der Waals surface area contributed by atoms with E-state index in [1.165, 1.54) is 0 Å². The monoisotopic (exact) mass is 261 g/mol. The van der Waals surface area contributed by atoms with E-state index in [0.717, 1.165) is 10.2 Å². The van der Waals surface area contributed by atoms with Crippen molar-refractivity contribution < 1.29 is 0 Å². The van der Waals surface area contributed by atoms with Crippen LogP contribution in [-0.4, -0.2) is 4.98 Å². The van der Waals surface area contributed by atoms with Crippen molar-refractivity contribution in [2.24, 2.45) is 0 Å². The summed E-state index contributed by atoms with van der Waals surface area (Å²) in [6, 6.07) is 5.76. The molecule has 0 amide bonds. The summed E-state index contributed by atoms with van der Waals surface area (Å²) in [5.74, 6) is 0. The molecule has 0 unspecified atom stereocenters. The van der Waals surface area contributed by atoms with E-state index in [1.54, 1.807) is 11.2 Å². The van der Waals surface area contributed by atoms with Gasteiger partial charge in [-0.25, -0.2) is 0 Å². The molecule has 0 spiro atoms. The summed E-state index contributed by atoms with van der Waals surface area (Å²) in [7, 11) is 0. The summed E-state index contributed by atoms with van der Waals surface area (Å²) in [5, 5.41) is 0. The molecule has 0 saturated carbocycles. The number of aromatic nitrogens is 1. The molecule has 1 aromatic rings. The second kappa shape index (κ2) is 3.88. The lowest BCUT2D eigenvalue weighted by atomic mass is 10.3. The first-order valence-electron chi connectivity index (χ1n) is 2.72. The minimum Gasteiger partial charge on any atom is -0.256 e. The van der Waals surface area contributed by atoms with Crippen LogP contribution in [0.2, 0.25) is 0 Å². The van der Waals surface area contributed by atoms with Crippen LogP contribution < -0.4 is 0 Å². The van der Waals surface area contributed by atoms with Crippen LogP contribution in [0.5, 0.6) is 0 Å². The van der Waals surface area contributed by atoms with Crippen molar-refractivity contribution in [1.82, 2.24) is 4.98 Å². The number of pyridine rings is 1. The molecule has 10 heavy (non-hydrogen) atoms. The summed E-state index contributed by atoms with van der Waals surface area (Å²) in [6.45, 7) is 0. The molecule has 0 atom stereocenters. The highest BCUT2D eigenvalue weighted by Gasteiger charge is 1.93. The van der Waals surface area contributed by atoms with Crippen molar-refractivity contribution in [1.29, 1.82) is 0 Å². The maximum absolute atomic E-state index is 4.10. The van der Waals surface area contributed by atoms with Gasteiger partial charge in [0.25, 0.3) is 0 Å². The van der Waals surface area contributed by atoms with Crippen molar-refractivity contribution >= 4 is 36.3 Å². The number of halogens is 2. The predicted octanol–water partition coefficient (Wildman–Crippen LogP) is 3.17. The van der Waals surface area contributed by atoms with Gasteiger partial charge in [-0.15, -0.1) is 0 Å². The Morgan fingerprint density at radius 2 is 2.30 bits per heavy atom. The molecule has 1 nitrogen and oxygen atoms in total. The van der Waals surface area contributed by atoms with Crippen LogP contribution in [-0.2, 0) is 0 Å². The van der Waals surface area contributed by atoms with Gasteiger partial charge in [0, 0.05) is 6.20 Å². The van der Waals surface area contributed by atoms with Gasteiger partial charge in [-0.05, 0) is 33.0 Å². The lowest BCUT2D eigenvalue weighted by Crippen LogP contribution is -1.78. The lowest BCUT2D eigenvalue weighted by Gasteiger charge is -1.93. The van der Waals surface area contributed by atoms with Crippen LogP contribution in [0.4, 0.5) is 0 Å². The van der Waals surface area contributed by atoms with Crippen molar-refractivity contribution in [3.05, 3.63) is 35.1 Å². The summed E-state index contributed by atoms with van der Waals surface area (Å²) < 4.78 is 0.952. The standard InChI is InChI=1S/C7H5Br2N/c8-5-6(9)7-3-1-2-4-10-7/h1-5H/b6-5-. The molecule has 0 aliphatic carbocycles. The minimum atomic E-state index is 0.930. The van der Waals surface area contributed by atoms with Crippen molar-refractivity contribution in [2.45, 2.75) is 0 Å². The number of rotatable bonds is 1. The van der Waals surface area contributed by atoms with E-state index in [0.29, 0.717) is 0 Å². The first kappa shape index (κ1) is 7.95. The van der Waals surface area contributed by atoms with Gasteiger partial charge < -0.3 is 0 Å². The summed E-state index contributed by atoms with van der Waals surface area (Å²) in [4.78, 5) is 5.89. The van der Waals surface area contributed by atoms with E-state index >= 15 is 0 Å². The molecule has 0 N–H and O–H groups in total. The Morgan fingerprint density at radius 1 is 1.50 bits per heavy atom. The molecule has 0 radical (unpaired) electrons. The third-order valence-corrected chi connectivity index (χ3v) is 2.71. The summed E-state index contributed by atoms with van der Waals surface area (Å²) >= 11 is 6.54. The SMILES string of the molecule is Br/C=C(\Br)c1ccccn1. The zero-order valence-corrected chi connectivity index (χ0v) is 8.26. The Kier molecular flexibility index (Phi) is 3.09. The highest BCUT2D eigenvalue weighted by molar-refractivity contribution is 9.16. The summed E-state index contributed by atoms with van der Waals surface area (Å²) in [5.41, 5.74) is 0.930. The van der Waals surface area contributed by atoms with Crippen LogP contribution in [0, 0.1) is 0 Å². The quantitative estimate of drug-likeness (QED) is 0.758. The van der Waals surface area contributed by atoms with E-state index < -0.39 is 0 Å². The van der Waals surface area contributed by atoms with Crippen LogP contribution in [0.25, 0.3) is 4.48 Å². The number of hydrogen-bond donors (Lipinski definition) is 0. The molecule has 0 fully saturated rings. The van der Waals surface area contributed by atoms with Gasteiger partial charge in [0.15, 0.2) is 0 Å². The number of nitrogens with zero attached hydrogens (tertiary/aromatic N) is 1. The van der Waals surface area contributed by atoms with Gasteiger partial charge in [0.1, 0.15) is 0 Å². The molecular weight excluding hydrogens is 258 g/mol. The van der Waals surface area contributed by atoms with Crippen molar-refractivity contribution in [2.75, 3.05) is 0 Å². The molecule has 0 aromatic carbocycles. The maximum Gasteiger partial charge on any atom is 0.0776 e. The van der Waals surface area contributed by atoms with Crippen LogP contribution in [0.15, 0.2) is 29.4 Å². The minimum absolute atomic E-state index is 0.930. The first-order valence-corrected chi connectivity index (χ1v) is 4.43. The molecule has 52 valence electrons. The van der Waals surface area contributed by atoms with Gasteiger partial charge in [0.2, 0.25) is 0 Å². The van der Waals surface area contributed by atoms with Crippen molar-refractivity contribution in [3.8, 4) is 0 Å². The average Bonchev–Trinajstić information content (AvgIpc) is 2.05.